The maximum atomic E-state index is 10.2. The largest absolute Gasteiger partial charge is 0.395 e. The highest BCUT2D eigenvalue weighted by atomic mass is 16.3. The van der Waals surface area contributed by atoms with Gasteiger partial charge in [-0.15, -0.1) is 0 Å². The van der Waals surface area contributed by atoms with Gasteiger partial charge in [0, 0.05) is 0 Å². The Balaban J connectivity index is 2.84. The smallest absolute Gasteiger partial charge is 0.0674 e. The van der Waals surface area contributed by atoms with Crippen molar-refractivity contribution < 1.29 is 10.2 Å². The molecule has 2 nitrogen and oxygen atoms in total. The van der Waals surface area contributed by atoms with E-state index in [0.29, 0.717) is 0 Å². The molecule has 0 radical (unpaired) electrons. The summed E-state index contributed by atoms with van der Waals surface area (Å²) < 4.78 is 0. The van der Waals surface area contributed by atoms with E-state index in [0.717, 1.165) is 33.4 Å². The second-order valence-electron chi connectivity index (χ2n) is 5.93. The van der Waals surface area contributed by atoms with Crippen molar-refractivity contribution >= 4 is 0 Å². The van der Waals surface area contributed by atoms with Gasteiger partial charge in [0.1, 0.15) is 0 Å². The zero-order chi connectivity index (χ0) is 15.6. The second kappa shape index (κ2) is 6.00. The molecule has 0 aliphatic rings. The van der Waals surface area contributed by atoms with E-state index in [2.05, 4.69) is 0 Å². The van der Waals surface area contributed by atoms with Crippen LogP contribution in [0.25, 0.3) is 0 Å². The van der Waals surface area contributed by atoms with E-state index >= 15 is 0 Å². The Morgan fingerprint density at radius 1 is 0.667 bits per heavy atom. The fourth-order valence-electron chi connectivity index (χ4n) is 3.63. The third kappa shape index (κ3) is 2.50. The van der Waals surface area contributed by atoms with Crippen LogP contribution in [0.3, 0.4) is 0 Å². The van der Waals surface area contributed by atoms with Crippen LogP contribution in [0.2, 0.25) is 0 Å². The summed E-state index contributed by atoms with van der Waals surface area (Å²) in [5, 5.41) is 20.4. The average molecular weight is 284 g/mol. The van der Waals surface area contributed by atoms with Crippen LogP contribution in [0.4, 0.5) is 0 Å². The Labute approximate surface area is 127 Å². The van der Waals surface area contributed by atoms with E-state index in [9.17, 15) is 10.2 Å². The Hall–Kier alpha value is -1.64. The van der Waals surface area contributed by atoms with Crippen LogP contribution in [-0.4, -0.2) is 23.4 Å². The zero-order valence-corrected chi connectivity index (χ0v) is 13.3. The Bertz CT molecular complexity index is 546. The summed E-state index contributed by atoms with van der Waals surface area (Å²) in [5.41, 5.74) is 5.70. The van der Waals surface area contributed by atoms with Crippen molar-refractivity contribution in [1.82, 2.24) is 0 Å². The molecule has 0 aromatic heterocycles. The summed E-state index contributed by atoms with van der Waals surface area (Å²) in [6.07, 6.45) is 0. The zero-order valence-electron chi connectivity index (χ0n) is 13.3. The van der Waals surface area contributed by atoms with Gasteiger partial charge in [-0.05, 0) is 61.1 Å². The molecule has 0 saturated heterocycles. The number of aliphatic hydroxyl groups is 2. The molecule has 0 bridgehead atoms. The summed E-state index contributed by atoms with van der Waals surface area (Å²) in [6.45, 7) is 7.93. The molecule has 0 unspecified atom stereocenters. The summed E-state index contributed by atoms with van der Waals surface area (Å²) in [7, 11) is 0. The SMILES string of the molecule is Cc1cccc(C)c1C(CO)(CO)c1c(C)cccc1C. The van der Waals surface area contributed by atoms with Crippen LogP contribution in [0.1, 0.15) is 33.4 Å². The minimum absolute atomic E-state index is 0.110. The maximum Gasteiger partial charge on any atom is 0.0674 e. The molecular weight excluding hydrogens is 260 g/mol. The normalized spacial score (nSPS) is 11.7. The van der Waals surface area contributed by atoms with Crippen molar-refractivity contribution in [3.63, 3.8) is 0 Å². The summed E-state index contributed by atoms with van der Waals surface area (Å²) in [5.74, 6) is 0. The van der Waals surface area contributed by atoms with Crippen LogP contribution < -0.4 is 0 Å². The first-order chi connectivity index (χ1) is 9.97. The molecule has 0 saturated carbocycles. The van der Waals surface area contributed by atoms with Crippen molar-refractivity contribution in [3.8, 4) is 0 Å². The van der Waals surface area contributed by atoms with Gasteiger partial charge in [0.15, 0.2) is 0 Å². The van der Waals surface area contributed by atoms with Crippen LogP contribution in [-0.2, 0) is 5.41 Å². The van der Waals surface area contributed by atoms with Crippen molar-refractivity contribution in [2.24, 2.45) is 0 Å². The summed E-state index contributed by atoms with van der Waals surface area (Å²) in [4.78, 5) is 0. The second-order valence-corrected chi connectivity index (χ2v) is 5.93. The van der Waals surface area contributed by atoms with E-state index in [1.807, 2.05) is 64.1 Å². The third-order valence-electron chi connectivity index (χ3n) is 4.46. The maximum absolute atomic E-state index is 10.2. The highest BCUT2D eigenvalue weighted by Gasteiger charge is 2.37. The van der Waals surface area contributed by atoms with Gasteiger partial charge in [0.05, 0.1) is 18.6 Å². The van der Waals surface area contributed by atoms with Crippen LogP contribution in [0.5, 0.6) is 0 Å². The van der Waals surface area contributed by atoms with Crippen LogP contribution >= 0.6 is 0 Å². The van der Waals surface area contributed by atoms with Crippen LogP contribution in [0, 0.1) is 27.7 Å². The fourth-order valence-corrected chi connectivity index (χ4v) is 3.63. The van der Waals surface area contributed by atoms with Crippen molar-refractivity contribution in [2.75, 3.05) is 13.2 Å². The molecule has 0 aliphatic carbocycles. The predicted octanol–water partition coefficient (Wildman–Crippen LogP) is 3.19. The van der Waals surface area contributed by atoms with E-state index in [1.165, 1.54) is 0 Å². The number of aryl methyl sites for hydroxylation is 4. The lowest BCUT2D eigenvalue weighted by molar-refractivity contribution is 0.141. The molecule has 0 aliphatic heterocycles. The highest BCUT2D eigenvalue weighted by Crippen LogP contribution is 2.39. The molecule has 21 heavy (non-hydrogen) atoms. The molecule has 0 amide bonds. The van der Waals surface area contributed by atoms with Crippen molar-refractivity contribution in [2.45, 2.75) is 33.1 Å². The lowest BCUT2D eigenvalue weighted by Crippen LogP contribution is -2.39. The molecule has 112 valence electrons. The van der Waals surface area contributed by atoms with Crippen molar-refractivity contribution in [3.05, 3.63) is 69.8 Å². The van der Waals surface area contributed by atoms with Gasteiger partial charge in [-0.3, -0.25) is 0 Å². The lowest BCUT2D eigenvalue weighted by atomic mass is 9.69. The Kier molecular flexibility index (Phi) is 4.50. The predicted molar refractivity (Wildman–Crippen MR) is 86.8 cm³/mol. The molecule has 2 aromatic rings. The molecule has 2 rings (SSSR count). The van der Waals surface area contributed by atoms with Crippen LogP contribution in [0.15, 0.2) is 36.4 Å². The Morgan fingerprint density at radius 3 is 1.19 bits per heavy atom. The monoisotopic (exact) mass is 284 g/mol. The van der Waals surface area contributed by atoms with Gasteiger partial charge in [0.2, 0.25) is 0 Å². The summed E-state index contributed by atoms with van der Waals surface area (Å²) >= 11 is 0. The number of hydrogen-bond donors (Lipinski definition) is 2. The first-order valence-electron chi connectivity index (χ1n) is 7.33. The quantitative estimate of drug-likeness (QED) is 0.905. The average Bonchev–Trinajstić information content (AvgIpc) is 2.45. The highest BCUT2D eigenvalue weighted by molar-refractivity contribution is 5.52. The fraction of sp³-hybridized carbons (Fsp3) is 0.368. The number of benzene rings is 2. The number of rotatable bonds is 4. The topological polar surface area (TPSA) is 40.5 Å². The first kappa shape index (κ1) is 15.7. The molecule has 2 heteroatoms. The van der Waals surface area contributed by atoms with E-state index in [4.69, 9.17) is 0 Å². The molecule has 2 aromatic carbocycles. The molecule has 0 heterocycles. The minimum Gasteiger partial charge on any atom is -0.395 e. The van der Waals surface area contributed by atoms with E-state index in [1.54, 1.807) is 0 Å². The minimum atomic E-state index is -0.759. The summed E-state index contributed by atoms with van der Waals surface area (Å²) in [6, 6.07) is 12.2. The number of aliphatic hydroxyl groups excluding tert-OH is 2. The first-order valence-corrected chi connectivity index (χ1v) is 7.33. The van der Waals surface area contributed by atoms with Gasteiger partial charge in [-0.1, -0.05) is 36.4 Å². The van der Waals surface area contributed by atoms with Gasteiger partial charge < -0.3 is 10.2 Å². The number of hydrogen-bond acceptors (Lipinski definition) is 2. The van der Waals surface area contributed by atoms with E-state index < -0.39 is 5.41 Å². The third-order valence-corrected chi connectivity index (χ3v) is 4.46. The van der Waals surface area contributed by atoms with Gasteiger partial charge in [-0.25, -0.2) is 0 Å². The van der Waals surface area contributed by atoms with Crippen molar-refractivity contribution in [1.29, 1.82) is 0 Å². The van der Waals surface area contributed by atoms with Gasteiger partial charge in [0.25, 0.3) is 0 Å². The molecule has 0 fully saturated rings. The standard InChI is InChI=1S/C19H24O2/c1-13-7-5-8-14(2)17(13)19(11-20,12-21)18-15(3)9-6-10-16(18)4/h5-10,20-21H,11-12H2,1-4H3. The molecule has 0 atom stereocenters. The van der Waals surface area contributed by atoms with E-state index in [-0.39, 0.29) is 13.2 Å². The Morgan fingerprint density at radius 2 is 0.952 bits per heavy atom. The molecular formula is C19H24O2. The van der Waals surface area contributed by atoms with Gasteiger partial charge in [-0.2, -0.15) is 0 Å². The molecule has 0 spiro atoms. The molecule has 2 N–H and O–H groups in total. The lowest BCUT2D eigenvalue weighted by Gasteiger charge is -2.36. The van der Waals surface area contributed by atoms with Gasteiger partial charge >= 0.3 is 0 Å².